The number of aromatic nitrogens is 5. The molecular formula is C14H10ClN5O4S. The van der Waals surface area contributed by atoms with Gasteiger partial charge in [-0.1, -0.05) is 11.6 Å². The minimum atomic E-state index is -3.76. The lowest BCUT2D eigenvalue weighted by molar-refractivity contribution is -0.114. The number of H-pyrrole nitrogens is 2. The molecule has 0 spiro atoms. The largest absolute Gasteiger partial charge is 0.363 e. The van der Waals surface area contributed by atoms with Gasteiger partial charge in [0.2, 0.25) is 21.4 Å². The molecule has 128 valence electrons. The summed E-state index contributed by atoms with van der Waals surface area (Å²) in [6, 6.07) is 7.00. The molecule has 25 heavy (non-hydrogen) atoms. The maximum absolute atomic E-state index is 12.5. The number of nitrogens with zero attached hydrogens (tertiary/aromatic N) is 3. The molecule has 0 saturated heterocycles. The standard InChI is InChI=1S/C14H10ClN5O4S/c15-8-1-3-10(4-2-8)25(23,24)11-5-9(16-7-11)6-12(21)13(22)14-17-19-20-18-14/h1-5,7,16H,6H2,(H,17,18,19,20). The molecule has 0 aliphatic carbocycles. The van der Waals surface area contributed by atoms with E-state index in [1.54, 1.807) is 0 Å². The first-order valence-electron chi connectivity index (χ1n) is 6.87. The number of hydrogen-bond donors (Lipinski definition) is 2. The highest BCUT2D eigenvalue weighted by Crippen LogP contribution is 2.23. The summed E-state index contributed by atoms with van der Waals surface area (Å²) in [7, 11) is -3.76. The van der Waals surface area contributed by atoms with Crippen LogP contribution in [0.3, 0.4) is 0 Å². The quantitative estimate of drug-likeness (QED) is 0.481. The van der Waals surface area contributed by atoms with Crippen molar-refractivity contribution in [3.63, 3.8) is 0 Å². The van der Waals surface area contributed by atoms with Gasteiger partial charge in [-0.2, -0.15) is 5.21 Å². The second kappa shape index (κ2) is 6.57. The van der Waals surface area contributed by atoms with Gasteiger partial charge in [-0.3, -0.25) is 9.59 Å². The normalized spacial score (nSPS) is 11.4. The Morgan fingerprint density at radius 1 is 1.12 bits per heavy atom. The number of hydrogen-bond acceptors (Lipinski definition) is 7. The molecule has 11 heteroatoms. The molecule has 0 amide bonds. The van der Waals surface area contributed by atoms with Crippen molar-refractivity contribution in [2.75, 3.05) is 0 Å². The van der Waals surface area contributed by atoms with Crippen molar-refractivity contribution in [1.82, 2.24) is 25.6 Å². The summed E-state index contributed by atoms with van der Waals surface area (Å²) >= 11 is 5.75. The molecule has 0 radical (unpaired) electrons. The van der Waals surface area contributed by atoms with Gasteiger partial charge < -0.3 is 4.98 Å². The lowest BCUT2D eigenvalue weighted by Crippen LogP contribution is -2.18. The average Bonchev–Trinajstić information content (AvgIpc) is 3.26. The summed E-state index contributed by atoms with van der Waals surface area (Å²) < 4.78 is 25.0. The van der Waals surface area contributed by atoms with Crippen LogP contribution < -0.4 is 0 Å². The molecule has 0 aliphatic rings. The fourth-order valence-corrected chi connectivity index (χ4v) is 3.47. The van der Waals surface area contributed by atoms with Crippen molar-refractivity contribution in [2.24, 2.45) is 0 Å². The van der Waals surface area contributed by atoms with Crippen molar-refractivity contribution < 1.29 is 18.0 Å². The Balaban J connectivity index is 1.79. The number of rotatable bonds is 6. The number of carbonyl (C=O) groups is 2. The van der Waals surface area contributed by atoms with Gasteiger partial charge in [0.15, 0.2) is 0 Å². The molecule has 1 aromatic carbocycles. The molecule has 0 aliphatic heterocycles. The van der Waals surface area contributed by atoms with Gasteiger partial charge in [0, 0.05) is 16.9 Å². The van der Waals surface area contributed by atoms with Crippen LogP contribution in [0, 0.1) is 0 Å². The molecule has 2 N–H and O–H groups in total. The molecule has 3 aromatic rings. The number of halogens is 1. The van der Waals surface area contributed by atoms with Crippen molar-refractivity contribution in [1.29, 1.82) is 0 Å². The SMILES string of the molecule is O=C(Cc1cc(S(=O)(=O)c2ccc(Cl)cc2)c[nH]1)C(=O)c1nn[nH]n1. The second-order valence-electron chi connectivity index (χ2n) is 4.98. The number of benzene rings is 1. The summed E-state index contributed by atoms with van der Waals surface area (Å²) in [5.41, 5.74) is 0.273. The molecule has 9 nitrogen and oxygen atoms in total. The van der Waals surface area contributed by atoms with E-state index in [0.29, 0.717) is 5.02 Å². The fraction of sp³-hybridized carbons (Fsp3) is 0.0714. The zero-order valence-corrected chi connectivity index (χ0v) is 14.0. The number of carbonyl (C=O) groups excluding carboxylic acids is 2. The predicted molar refractivity (Wildman–Crippen MR) is 84.9 cm³/mol. The maximum Gasteiger partial charge on any atom is 0.269 e. The first-order valence-corrected chi connectivity index (χ1v) is 8.73. The molecule has 0 saturated carbocycles. The lowest BCUT2D eigenvalue weighted by atomic mass is 10.1. The molecule has 0 fully saturated rings. The Hall–Kier alpha value is -2.85. The highest BCUT2D eigenvalue weighted by Gasteiger charge is 2.23. The number of nitrogens with one attached hydrogen (secondary N) is 2. The van der Waals surface area contributed by atoms with Gasteiger partial charge in [0.25, 0.3) is 5.78 Å². The van der Waals surface area contributed by atoms with E-state index in [9.17, 15) is 18.0 Å². The summed E-state index contributed by atoms with van der Waals surface area (Å²) in [6.07, 6.45) is 0.939. The zero-order valence-electron chi connectivity index (χ0n) is 12.4. The second-order valence-corrected chi connectivity index (χ2v) is 7.37. The molecule has 0 unspecified atom stereocenters. The van der Waals surface area contributed by atoms with Crippen LogP contribution in [0.4, 0.5) is 0 Å². The van der Waals surface area contributed by atoms with E-state index in [-0.39, 0.29) is 27.7 Å². The third-order valence-electron chi connectivity index (χ3n) is 3.30. The van der Waals surface area contributed by atoms with Crippen molar-refractivity contribution in [3.8, 4) is 0 Å². The summed E-state index contributed by atoms with van der Waals surface area (Å²) in [5.74, 6) is -2.05. The van der Waals surface area contributed by atoms with Gasteiger partial charge in [0.1, 0.15) is 0 Å². The summed E-state index contributed by atoms with van der Waals surface area (Å²) in [5, 5.41) is 12.6. The van der Waals surface area contributed by atoms with Gasteiger partial charge >= 0.3 is 0 Å². The molecular weight excluding hydrogens is 370 g/mol. The maximum atomic E-state index is 12.5. The van der Waals surface area contributed by atoms with Gasteiger partial charge in [-0.15, -0.1) is 10.2 Å². The molecule has 3 rings (SSSR count). The number of Topliss-reactive ketones (excluding diaryl/α,β-unsaturated/α-hetero) is 2. The molecule has 0 bridgehead atoms. The van der Waals surface area contributed by atoms with E-state index in [2.05, 4.69) is 25.6 Å². The molecule has 0 atom stereocenters. The number of ketones is 2. The monoisotopic (exact) mass is 379 g/mol. The van der Waals surface area contributed by atoms with E-state index in [1.165, 1.54) is 36.5 Å². The Morgan fingerprint density at radius 2 is 1.84 bits per heavy atom. The highest BCUT2D eigenvalue weighted by molar-refractivity contribution is 7.91. The van der Waals surface area contributed by atoms with Crippen LogP contribution >= 0.6 is 11.6 Å². The van der Waals surface area contributed by atoms with E-state index in [0.717, 1.165) is 0 Å². The number of aromatic amines is 2. The van der Waals surface area contributed by atoms with Crippen LogP contribution in [-0.2, 0) is 21.1 Å². The molecule has 2 heterocycles. The van der Waals surface area contributed by atoms with Crippen LogP contribution in [0.25, 0.3) is 0 Å². The third-order valence-corrected chi connectivity index (χ3v) is 5.30. The zero-order chi connectivity index (χ0) is 18.0. The van der Waals surface area contributed by atoms with Crippen molar-refractivity contribution in [2.45, 2.75) is 16.2 Å². The van der Waals surface area contributed by atoms with E-state index < -0.39 is 21.4 Å². The van der Waals surface area contributed by atoms with Crippen LogP contribution in [0.15, 0.2) is 46.3 Å². The number of tetrazole rings is 1. The Morgan fingerprint density at radius 3 is 2.48 bits per heavy atom. The minimum Gasteiger partial charge on any atom is -0.363 e. The Labute approximate surface area is 146 Å². The van der Waals surface area contributed by atoms with Crippen molar-refractivity contribution in [3.05, 3.63) is 53.1 Å². The van der Waals surface area contributed by atoms with E-state index in [4.69, 9.17) is 11.6 Å². The van der Waals surface area contributed by atoms with E-state index >= 15 is 0 Å². The third kappa shape index (κ3) is 3.49. The summed E-state index contributed by atoms with van der Waals surface area (Å²) in [4.78, 5) is 26.4. The average molecular weight is 380 g/mol. The molecule has 2 aromatic heterocycles. The topological polar surface area (TPSA) is 139 Å². The highest BCUT2D eigenvalue weighted by atomic mass is 35.5. The summed E-state index contributed by atoms with van der Waals surface area (Å²) in [6.45, 7) is 0. The van der Waals surface area contributed by atoms with E-state index in [1.807, 2.05) is 0 Å². The van der Waals surface area contributed by atoms with Crippen LogP contribution in [0.2, 0.25) is 5.02 Å². The lowest BCUT2D eigenvalue weighted by Gasteiger charge is -2.01. The van der Waals surface area contributed by atoms with Gasteiger partial charge in [0.05, 0.1) is 16.2 Å². The van der Waals surface area contributed by atoms with Crippen LogP contribution in [0.1, 0.15) is 16.3 Å². The predicted octanol–water partition coefficient (Wildman–Crippen LogP) is 1.01. The first kappa shape index (κ1) is 17.0. The van der Waals surface area contributed by atoms with Gasteiger partial charge in [-0.05, 0) is 35.5 Å². The Kier molecular flexibility index (Phi) is 4.47. The van der Waals surface area contributed by atoms with Crippen LogP contribution in [-0.4, -0.2) is 45.6 Å². The minimum absolute atomic E-state index is 0.0235. The Bertz CT molecular complexity index is 1030. The smallest absolute Gasteiger partial charge is 0.269 e. The number of sulfone groups is 1. The van der Waals surface area contributed by atoms with Crippen molar-refractivity contribution >= 4 is 33.0 Å². The van der Waals surface area contributed by atoms with Crippen LogP contribution in [0.5, 0.6) is 0 Å². The fourth-order valence-electron chi connectivity index (χ4n) is 2.06. The first-order chi connectivity index (χ1) is 11.9. The van der Waals surface area contributed by atoms with Gasteiger partial charge in [-0.25, -0.2) is 8.42 Å².